The number of aromatic nitrogens is 1. The van der Waals surface area contributed by atoms with Gasteiger partial charge >= 0.3 is 5.97 Å². The van der Waals surface area contributed by atoms with Crippen molar-refractivity contribution in [3.63, 3.8) is 0 Å². The first kappa shape index (κ1) is 43.2. The third-order valence-electron chi connectivity index (χ3n) is 10.2. The van der Waals surface area contributed by atoms with Crippen LogP contribution in [0.15, 0.2) is 66.9 Å². The van der Waals surface area contributed by atoms with E-state index in [1.54, 1.807) is 27.7 Å². The lowest BCUT2D eigenvalue weighted by Gasteiger charge is -2.33. The minimum Gasteiger partial charge on any atom is -0.458 e. The zero-order valence-electron chi connectivity index (χ0n) is 33.8. The summed E-state index contributed by atoms with van der Waals surface area (Å²) in [7, 11) is 0. The second kappa shape index (κ2) is 18.5. The van der Waals surface area contributed by atoms with E-state index in [2.05, 4.69) is 20.9 Å². The second-order valence-corrected chi connectivity index (χ2v) is 17.8. The maximum absolute atomic E-state index is 14.3. The first-order valence-corrected chi connectivity index (χ1v) is 20.4. The highest BCUT2D eigenvalue weighted by Gasteiger charge is 2.51. The molecule has 2 aliphatic rings. The SMILES string of the molecule is CC(C)C[C@H](NC(=O)[C@H](Cc1ccccc1)N1C(=O)[C@@H](NC(=O)[C@H](CCc2ccccc2)NC(=O)c2cnc(COC(=O)C(C)(C)C)s2)CC1C)C(=O)C1(C)CO1. The lowest BCUT2D eigenvalue weighted by molar-refractivity contribution is -0.154. The summed E-state index contributed by atoms with van der Waals surface area (Å²) in [6.45, 7) is 12.9. The number of carbonyl (C=O) groups excluding carboxylic acids is 6. The molecule has 0 bridgehead atoms. The van der Waals surface area contributed by atoms with Gasteiger partial charge in [0.15, 0.2) is 5.78 Å². The number of esters is 1. The Balaban J connectivity index is 1.32. The molecule has 2 unspecified atom stereocenters. The summed E-state index contributed by atoms with van der Waals surface area (Å²) in [6, 6.07) is 14.7. The maximum Gasteiger partial charge on any atom is 0.311 e. The zero-order chi connectivity index (χ0) is 41.5. The molecule has 57 heavy (non-hydrogen) atoms. The van der Waals surface area contributed by atoms with Crippen molar-refractivity contribution in [3.05, 3.63) is 87.9 Å². The maximum atomic E-state index is 14.3. The van der Waals surface area contributed by atoms with Gasteiger partial charge in [-0.05, 0) is 77.3 Å². The van der Waals surface area contributed by atoms with Crippen molar-refractivity contribution in [2.75, 3.05) is 6.61 Å². The van der Waals surface area contributed by atoms with Crippen LogP contribution in [0.1, 0.15) is 93.5 Å². The zero-order valence-corrected chi connectivity index (χ0v) is 34.6. The highest BCUT2D eigenvalue weighted by molar-refractivity contribution is 7.13. The summed E-state index contributed by atoms with van der Waals surface area (Å²) in [5.41, 5.74) is 0.163. The quantitative estimate of drug-likeness (QED) is 0.123. The molecule has 14 heteroatoms. The number of epoxide rings is 1. The second-order valence-electron chi connectivity index (χ2n) is 16.7. The van der Waals surface area contributed by atoms with Gasteiger partial charge in [-0.3, -0.25) is 28.8 Å². The van der Waals surface area contributed by atoms with Crippen LogP contribution in [0.25, 0.3) is 0 Å². The molecule has 306 valence electrons. The Morgan fingerprint density at radius 2 is 1.60 bits per heavy atom. The Bertz CT molecular complexity index is 1910. The topological polar surface area (TPSA) is 176 Å². The van der Waals surface area contributed by atoms with E-state index in [-0.39, 0.29) is 42.4 Å². The number of Topliss-reactive ketones (excluding diaryl/α,β-unsaturated/α-hetero) is 1. The molecule has 0 radical (unpaired) electrons. The van der Waals surface area contributed by atoms with Gasteiger partial charge in [0.25, 0.3) is 5.91 Å². The summed E-state index contributed by atoms with van der Waals surface area (Å²) in [4.78, 5) is 87.8. The minimum absolute atomic E-state index is 0.0871. The predicted molar refractivity (Wildman–Crippen MR) is 215 cm³/mol. The number of amides is 4. The number of carbonyl (C=O) groups is 6. The first-order chi connectivity index (χ1) is 26.9. The number of hydrogen-bond donors (Lipinski definition) is 3. The van der Waals surface area contributed by atoms with E-state index in [9.17, 15) is 28.8 Å². The van der Waals surface area contributed by atoms with Crippen LogP contribution >= 0.6 is 11.3 Å². The molecule has 2 aromatic carbocycles. The van der Waals surface area contributed by atoms with Gasteiger partial charge in [-0.2, -0.15) is 0 Å². The molecule has 3 N–H and O–H groups in total. The van der Waals surface area contributed by atoms with Crippen LogP contribution in [0.4, 0.5) is 0 Å². The van der Waals surface area contributed by atoms with Crippen LogP contribution in [-0.4, -0.2) is 87.7 Å². The molecular weight excluding hydrogens is 747 g/mol. The molecule has 2 aliphatic heterocycles. The van der Waals surface area contributed by atoms with Gasteiger partial charge in [-0.1, -0.05) is 74.5 Å². The van der Waals surface area contributed by atoms with Crippen molar-refractivity contribution < 1.29 is 38.2 Å². The van der Waals surface area contributed by atoms with E-state index in [1.807, 2.05) is 81.4 Å². The summed E-state index contributed by atoms with van der Waals surface area (Å²) in [5, 5.41) is 9.12. The fraction of sp³-hybridized carbons (Fsp3) is 0.512. The van der Waals surface area contributed by atoms with Gasteiger partial charge in [0.1, 0.15) is 40.2 Å². The van der Waals surface area contributed by atoms with E-state index in [0.29, 0.717) is 24.5 Å². The molecule has 4 amide bonds. The van der Waals surface area contributed by atoms with Gasteiger partial charge in [0.2, 0.25) is 17.7 Å². The predicted octanol–water partition coefficient (Wildman–Crippen LogP) is 4.57. The summed E-state index contributed by atoms with van der Waals surface area (Å²) in [6.07, 6.45) is 2.92. The molecule has 13 nitrogen and oxygen atoms in total. The number of hydrogen-bond acceptors (Lipinski definition) is 10. The Hall–Kier alpha value is -4.95. The Kier molecular flexibility index (Phi) is 14.0. The number of nitrogens with zero attached hydrogens (tertiary/aromatic N) is 2. The monoisotopic (exact) mass is 801 g/mol. The van der Waals surface area contributed by atoms with Crippen molar-refractivity contribution in [1.29, 1.82) is 0 Å². The van der Waals surface area contributed by atoms with E-state index >= 15 is 0 Å². The average molecular weight is 802 g/mol. The fourth-order valence-corrected chi connectivity index (χ4v) is 7.56. The number of ether oxygens (including phenoxy) is 2. The van der Waals surface area contributed by atoms with E-state index in [0.717, 1.165) is 22.5 Å². The van der Waals surface area contributed by atoms with Crippen LogP contribution in [0, 0.1) is 11.3 Å². The Labute approximate surface area is 338 Å². The summed E-state index contributed by atoms with van der Waals surface area (Å²) >= 11 is 1.06. The van der Waals surface area contributed by atoms with Gasteiger partial charge in [0, 0.05) is 12.5 Å². The minimum atomic E-state index is -1.02. The average Bonchev–Trinajstić information content (AvgIpc) is 3.62. The number of nitrogens with one attached hydrogen (secondary N) is 3. The van der Waals surface area contributed by atoms with Gasteiger partial charge < -0.3 is 30.3 Å². The highest BCUT2D eigenvalue weighted by Crippen LogP contribution is 2.31. The molecule has 0 aliphatic carbocycles. The van der Waals surface area contributed by atoms with Crippen molar-refractivity contribution in [1.82, 2.24) is 25.8 Å². The van der Waals surface area contributed by atoms with E-state index in [1.165, 1.54) is 11.1 Å². The molecule has 2 saturated heterocycles. The third kappa shape index (κ3) is 11.6. The number of benzene rings is 2. The molecular formula is C43H55N5O8S. The molecule has 3 aromatic rings. The van der Waals surface area contributed by atoms with Crippen LogP contribution < -0.4 is 16.0 Å². The Morgan fingerprint density at radius 1 is 0.965 bits per heavy atom. The van der Waals surface area contributed by atoms with Crippen molar-refractivity contribution in [2.45, 2.75) is 123 Å². The van der Waals surface area contributed by atoms with Crippen molar-refractivity contribution in [3.8, 4) is 0 Å². The molecule has 5 rings (SSSR count). The molecule has 0 saturated carbocycles. The van der Waals surface area contributed by atoms with Crippen molar-refractivity contribution >= 4 is 46.7 Å². The van der Waals surface area contributed by atoms with E-state index in [4.69, 9.17) is 9.47 Å². The first-order valence-electron chi connectivity index (χ1n) is 19.6. The standard InChI is InChI=1S/C43H55N5O8S/c1-26(2)20-31(36(49)43(7)25-56-43)46-38(51)33(22-29-16-12-9-13-17-29)48-27(3)21-32(40(48)53)47-37(50)30(19-18-28-14-10-8-11-15-28)45-39(52)34-23-44-35(57-34)24-55-41(54)42(4,5)6/h8-17,23,26-27,30-33H,18-22,24-25H2,1-7H3,(H,45,52)(H,46,51)(H,47,50)/t27?,30-,31-,32-,33-,43?/m0/s1. The number of thiazole rings is 1. The van der Waals surface area contributed by atoms with Gasteiger partial charge in [0.05, 0.1) is 24.3 Å². The Morgan fingerprint density at radius 3 is 2.19 bits per heavy atom. The number of rotatable bonds is 18. The van der Waals surface area contributed by atoms with Crippen LogP contribution in [0.3, 0.4) is 0 Å². The number of aryl methyl sites for hydroxylation is 1. The molecule has 0 spiro atoms. The number of ketones is 1. The van der Waals surface area contributed by atoms with Crippen LogP contribution in [0.2, 0.25) is 0 Å². The normalized spacial score (nSPS) is 20.7. The fourth-order valence-electron chi connectivity index (χ4n) is 6.83. The van der Waals surface area contributed by atoms with Crippen molar-refractivity contribution in [2.24, 2.45) is 11.3 Å². The smallest absolute Gasteiger partial charge is 0.311 e. The van der Waals surface area contributed by atoms with Gasteiger partial charge in [-0.25, -0.2) is 4.98 Å². The molecule has 1 aromatic heterocycles. The van der Waals surface area contributed by atoms with Gasteiger partial charge in [-0.15, -0.1) is 11.3 Å². The highest BCUT2D eigenvalue weighted by atomic mass is 32.1. The number of likely N-dealkylation sites (tertiary alicyclic amines) is 1. The molecule has 6 atom stereocenters. The molecule has 3 heterocycles. The van der Waals surface area contributed by atoms with Crippen LogP contribution in [-0.2, 0) is 52.9 Å². The van der Waals surface area contributed by atoms with E-state index < -0.39 is 70.8 Å². The van der Waals surface area contributed by atoms with Crippen LogP contribution in [0.5, 0.6) is 0 Å². The summed E-state index contributed by atoms with van der Waals surface area (Å²) < 4.78 is 10.8. The largest absolute Gasteiger partial charge is 0.458 e. The summed E-state index contributed by atoms with van der Waals surface area (Å²) in [5.74, 6) is -2.45. The molecule has 2 fully saturated rings. The third-order valence-corrected chi connectivity index (χ3v) is 11.1. The lowest BCUT2D eigenvalue weighted by atomic mass is 9.92. The lowest BCUT2D eigenvalue weighted by Crippen LogP contribution is -2.57.